The van der Waals surface area contributed by atoms with Crippen molar-refractivity contribution >= 4 is 11.9 Å². The number of benzene rings is 3. The average Bonchev–Trinajstić information content (AvgIpc) is 3.40. The smallest absolute Gasteiger partial charge is 0.332 e. The van der Waals surface area contributed by atoms with Gasteiger partial charge < -0.3 is 24.8 Å². The largest absolute Gasteiger partial charge is 0.496 e. The van der Waals surface area contributed by atoms with E-state index in [0.29, 0.717) is 23.4 Å². The molecule has 1 unspecified atom stereocenters. The lowest BCUT2D eigenvalue weighted by atomic mass is 9.97. The molecule has 1 amide bonds. The standard InChI is InChI=1S/C28H26N2O6/c1-35-25-10-6-5-9-22(25)23-17-26(36-30-23)27(32)29-21(16-24(31)28(33)34)15-18-11-13-20(14-12-18)19-7-3-2-4-8-19/h2-14,17,21,24,31H,15-16H2,1H3,(H,29,32)(H,33,34)/t21?,24-/m1/s1. The van der Waals surface area contributed by atoms with Gasteiger partial charge in [-0.3, -0.25) is 4.79 Å². The Morgan fingerprint density at radius 1 is 0.972 bits per heavy atom. The molecule has 0 saturated heterocycles. The van der Waals surface area contributed by atoms with Crippen molar-refractivity contribution in [2.45, 2.75) is 25.0 Å². The van der Waals surface area contributed by atoms with E-state index in [9.17, 15) is 19.8 Å². The molecule has 0 aliphatic heterocycles. The Morgan fingerprint density at radius 3 is 2.33 bits per heavy atom. The summed E-state index contributed by atoms with van der Waals surface area (Å²) in [5.41, 5.74) is 4.09. The van der Waals surface area contributed by atoms with E-state index in [1.807, 2.05) is 66.7 Å². The van der Waals surface area contributed by atoms with Gasteiger partial charge in [0.15, 0.2) is 6.10 Å². The number of para-hydroxylation sites is 1. The lowest BCUT2D eigenvalue weighted by molar-refractivity contribution is -0.147. The highest BCUT2D eigenvalue weighted by atomic mass is 16.5. The first-order chi connectivity index (χ1) is 17.4. The molecule has 0 radical (unpaired) electrons. The number of aliphatic carboxylic acids is 1. The third-order valence-electron chi connectivity index (χ3n) is 5.79. The fourth-order valence-corrected chi connectivity index (χ4v) is 3.93. The first kappa shape index (κ1) is 24.7. The van der Waals surface area contributed by atoms with Gasteiger partial charge in [-0.05, 0) is 35.2 Å². The fraction of sp³-hybridized carbons (Fsp3) is 0.179. The first-order valence-electron chi connectivity index (χ1n) is 11.4. The predicted octanol–water partition coefficient (Wildman–Crippen LogP) is 4.19. The Balaban J connectivity index is 1.50. The number of hydrogen-bond acceptors (Lipinski definition) is 6. The Kier molecular flexibility index (Phi) is 7.77. The van der Waals surface area contributed by atoms with E-state index < -0.39 is 24.0 Å². The molecule has 2 atom stereocenters. The van der Waals surface area contributed by atoms with Crippen LogP contribution in [0, 0.1) is 0 Å². The highest BCUT2D eigenvalue weighted by molar-refractivity contribution is 5.92. The summed E-state index contributed by atoms with van der Waals surface area (Å²) in [6.45, 7) is 0. The van der Waals surface area contributed by atoms with E-state index >= 15 is 0 Å². The number of aliphatic hydroxyl groups is 1. The van der Waals surface area contributed by atoms with Crippen LogP contribution in [-0.2, 0) is 11.2 Å². The van der Waals surface area contributed by atoms with Gasteiger partial charge in [-0.2, -0.15) is 0 Å². The van der Waals surface area contributed by atoms with Crippen molar-refractivity contribution in [1.82, 2.24) is 10.5 Å². The summed E-state index contributed by atoms with van der Waals surface area (Å²) in [4.78, 5) is 24.2. The van der Waals surface area contributed by atoms with Crippen LogP contribution in [-0.4, -0.2) is 46.5 Å². The molecule has 0 aliphatic rings. The Labute approximate surface area is 208 Å². The molecule has 8 nitrogen and oxygen atoms in total. The van der Waals surface area contributed by atoms with Crippen molar-refractivity contribution in [2.75, 3.05) is 7.11 Å². The van der Waals surface area contributed by atoms with Crippen molar-refractivity contribution in [1.29, 1.82) is 0 Å². The zero-order valence-corrected chi connectivity index (χ0v) is 19.6. The van der Waals surface area contributed by atoms with Crippen molar-refractivity contribution in [3.8, 4) is 28.1 Å². The Hall–Kier alpha value is -4.43. The van der Waals surface area contributed by atoms with Crippen molar-refractivity contribution in [3.63, 3.8) is 0 Å². The van der Waals surface area contributed by atoms with Gasteiger partial charge >= 0.3 is 5.97 Å². The molecular formula is C28H26N2O6. The lowest BCUT2D eigenvalue weighted by Gasteiger charge is -2.20. The highest BCUT2D eigenvalue weighted by Gasteiger charge is 2.24. The summed E-state index contributed by atoms with van der Waals surface area (Å²) in [6.07, 6.45) is -1.48. The van der Waals surface area contributed by atoms with Gasteiger partial charge in [0.25, 0.3) is 5.91 Å². The number of methoxy groups -OCH3 is 1. The van der Waals surface area contributed by atoms with Gasteiger partial charge in [0, 0.05) is 24.1 Å². The van der Waals surface area contributed by atoms with Crippen LogP contribution in [0.25, 0.3) is 22.4 Å². The predicted molar refractivity (Wildman–Crippen MR) is 134 cm³/mol. The van der Waals surface area contributed by atoms with E-state index in [2.05, 4.69) is 10.5 Å². The van der Waals surface area contributed by atoms with Gasteiger partial charge in [-0.25, -0.2) is 4.79 Å². The van der Waals surface area contributed by atoms with Crippen LogP contribution in [0.2, 0.25) is 0 Å². The molecule has 0 fully saturated rings. The number of rotatable bonds is 10. The Morgan fingerprint density at radius 2 is 1.64 bits per heavy atom. The minimum atomic E-state index is -1.63. The first-order valence-corrected chi connectivity index (χ1v) is 11.4. The number of nitrogens with one attached hydrogen (secondary N) is 1. The quantitative estimate of drug-likeness (QED) is 0.307. The number of nitrogens with zero attached hydrogens (tertiary/aromatic N) is 1. The summed E-state index contributed by atoms with van der Waals surface area (Å²) in [7, 11) is 1.54. The Bertz CT molecular complexity index is 1320. The zero-order valence-electron chi connectivity index (χ0n) is 19.6. The molecular weight excluding hydrogens is 460 g/mol. The molecule has 0 saturated carbocycles. The summed E-state index contributed by atoms with van der Waals surface area (Å²) in [6, 6.07) is 25.7. The summed E-state index contributed by atoms with van der Waals surface area (Å²) < 4.78 is 10.6. The van der Waals surface area contributed by atoms with Crippen molar-refractivity contribution in [2.24, 2.45) is 0 Å². The SMILES string of the molecule is COc1ccccc1-c1cc(C(=O)NC(Cc2ccc(-c3ccccc3)cc2)C[C@@H](O)C(=O)O)on1. The third kappa shape index (κ3) is 5.97. The van der Waals surface area contributed by atoms with E-state index in [0.717, 1.165) is 16.7 Å². The van der Waals surface area contributed by atoms with Gasteiger partial charge in [-0.1, -0.05) is 71.9 Å². The van der Waals surface area contributed by atoms with Crippen LogP contribution >= 0.6 is 0 Å². The van der Waals surface area contributed by atoms with Gasteiger partial charge in [0.1, 0.15) is 11.4 Å². The number of aliphatic hydroxyl groups excluding tert-OH is 1. The van der Waals surface area contributed by atoms with E-state index in [1.165, 1.54) is 13.2 Å². The normalized spacial score (nSPS) is 12.5. The highest BCUT2D eigenvalue weighted by Crippen LogP contribution is 2.29. The fourth-order valence-electron chi connectivity index (χ4n) is 3.93. The number of ether oxygens (including phenoxy) is 1. The monoisotopic (exact) mass is 486 g/mol. The maximum atomic E-state index is 12.9. The molecule has 0 bridgehead atoms. The number of carbonyl (C=O) groups is 2. The molecule has 36 heavy (non-hydrogen) atoms. The molecule has 4 aromatic rings. The molecule has 184 valence electrons. The molecule has 0 spiro atoms. The second-order valence-corrected chi connectivity index (χ2v) is 8.30. The second kappa shape index (κ2) is 11.3. The number of hydrogen-bond donors (Lipinski definition) is 3. The molecule has 8 heteroatoms. The second-order valence-electron chi connectivity index (χ2n) is 8.30. The molecule has 3 N–H and O–H groups in total. The van der Waals surface area contributed by atoms with Crippen molar-refractivity contribution in [3.05, 3.63) is 96.3 Å². The maximum Gasteiger partial charge on any atom is 0.332 e. The average molecular weight is 487 g/mol. The minimum absolute atomic E-state index is 0.0369. The van der Waals surface area contributed by atoms with Crippen LogP contribution in [0.5, 0.6) is 5.75 Å². The number of carboxylic acid groups (broad SMARTS) is 1. The molecule has 3 aromatic carbocycles. The van der Waals surface area contributed by atoms with Crippen LogP contribution in [0.1, 0.15) is 22.5 Å². The topological polar surface area (TPSA) is 122 Å². The van der Waals surface area contributed by atoms with Gasteiger partial charge in [0.05, 0.1) is 7.11 Å². The third-order valence-corrected chi connectivity index (χ3v) is 5.79. The number of aromatic nitrogens is 1. The number of carboxylic acids is 1. The molecule has 0 aliphatic carbocycles. The zero-order chi connectivity index (χ0) is 25.5. The van der Waals surface area contributed by atoms with Crippen molar-refractivity contribution < 1.29 is 29.1 Å². The number of amides is 1. The maximum absolute atomic E-state index is 12.9. The van der Waals surface area contributed by atoms with E-state index in [-0.39, 0.29) is 12.2 Å². The summed E-state index contributed by atoms with van der Waals surface area (Å²) in [5.74, 6) is -1.37. The molecule has 4 rings (SSSR count). The van der Waals surface area contributed by atoms with Crippen LogP contribution in [0.3, 0.4) is 0 Å². The molecule has 1 heterocycles. The van der Waals surface area contributed by atoms with Crippen LogP contribution < -0.4 is 10.1 Å². The number of carbonyl (C=O) groups excluding carboxylic acids is 1. The minimum Gasteiger partial charge on any atom is -0.496 e. The lowest BCUT2D eigenvalue weighted by Crippen LogP contribution is -2.40. The summed E-state index contributed by atoms with van der Waals surface area (Å²) >= 11 is 0. The van der Waals surface area contributed by atoms with Gasteiger partial charge in [-0.15, -0.1) is 0 Å². The van der Waals surface area contributed by atoms with Crippen LogP contribution in [0.4, 0.5) is 0 Å². The van der Waals surface area contributed by atoms with E-state index in [4.69, 9.17) is 9.26 Å². The summed E-state index contributed by atoms with van der Waals surface area (Å²) in [5, 5.41) is 25.9. The van der Waals surface area contributed by atoms with E-state index in [1.54, 1.807) is 12.1 Å². The van der Waals surface area contributed by atoms with Gasteiger partial charge in [0.2, 0.25) is 5.76 Å². The molecule has 1 aromatic heterocycles. The van der Waals surface area contributed by atoms with Crippen LogP contribution in [0.15, 0.2) is 89.5 Å².